The predicted octanol–water partition coefficient (Wildman–Crippen LogP) is 6.07. The molecule has 0 amide bonds. The molecule has 0 spiro atoms. The topological polar surface area (TPSA) is 40.0 Å². The Kier molecular flexibility index (Phi) is 8.04. The molecule has 0 fully saturated rings. The van der Waals surface area contributed by atoms with Gasteiger partial charge in [-0.25, -0.2) is 0 Å². The molecule has 2 aromatic carbocycles. The lowest BCUT2D eigenvalue weighted by molar-refractivity contribution is 0.512. The summed E-state index contributed by atoms with van der Waals surface area (Å²) in [7, 11) is 0. The normalized spacial score (nSPS) is 18.8. The lowest BCUT2D eigenvalue weighted by Crippen LogP contribution is -2.26. The van der Waals surface area contributed by atoms with Crippen LogP contribution in [-0.2, 0) is 13.0 Å². The molecule has 0 radical (unpaired) electrons. The molecule has 0 bridgehead atoms. The van der Waals surface area contributed by atoms with Crippen LogP contribution in [0.4, 0.5) is 5.69 Å². The highest BCUT2D eigenvalue weighted by molar-refractivity contribution is 8.17. The second-order valence-corrected chi connectivity index (χ2v) is 9.10. The lowest BCUT2D eigenvalue weighted by Gasteiger charge is -2.21. The van der Waals surface area contributed by atoms with Gasteiger partial charge < -0.3 is 10.2 Å². The molecule has 3 heterocycles. The van der Waals surface area contributed by atoms with Crippen LogP contribution in [0.3, 0.4) is 0 Å². The predicted molar refractivity (Wildman–Crippen MR) is 137 cm³/mol. The van der Waals surface area contributed by atoms with Gasteiger partial charge in [-0.1, -0.05) is 71.5 Å². The van der Waals surface area contributed by atoms with E-state index in [-0.39, 0.29) is 30.9 Å². The van der Waals surface area contributed by atoms with Gasteiger partial charge in [-0.15, -0.1) is 24.8 Å². The molecule has 3 aliphatic rings. The number of nitrogens with one attached hydrogen (secondary N) is 1. The number of para-hydroxylation sites is 1. The molecule has 3 aliphatic heterocycles. The first-order chi connectivity index (χ1) is 13.8. The van der Waals surface area contributed by atoms with Crippen LogP contribution in [0.1, 0.15) is 11.1 Å². The third-order valence-corrected chi connectivity index (χ3v) is 7.23. The van der Waals surface area contributed by atoms with E-state index in [1.54, 1.807) is 23.5 Å². The van der Waals surface area contributed by atoms with Crippen molar-refractivity contribution in [1.29, 1.82) is 0 Å². The number of anilines is 1. The van der Waals surface area contributed by atoms with Gasteiger partial charge in [0.2, 0.25) is 0 Å². The summed E-state index contributed by atoms with van der Waals surface area (Å²) in [5.41, 5.74) is 4.89. The summed E-state index contributed by atoms with van der Waals surface area (Å²) < 4.78 is 0. The van der Waals surface area contributed by atoms with Gasteiger partial charge in [0.05, 0.1) is 12.6 Å². The van der Waals surface area contributed by atoms with Gasteiger partial charge >= 0.3 is 0 Å². The zero-order valence-electron chi connectivity index (χ0n) is 16.0. The van der Waals surface area contributed by atoms with Crippen LogP contribution < -0.4 is 5.32 Å². The highest BCUT2D eigenvalue weighted by Crippen LogP contribution is 2.35. The van der Waals surface area contributed by atoms with Crippen molar-refractivity contribution < 1.29 is 0 Å². The Labute approximate surface area is 202 Å². The quantitative estimate of drug-likeness (QED) is 0.554. The number of thioether (sulfide) groups is 2. The van der Waals surface area contributed by atoms with Gasteiger partial charge in [0.1, 0.15) is 0 Å². The fourth-order valence-corrected chi connectivity index (χ4v) is 5.69. The van der Waals surface area contributed by atoms with Crippen molar-refractivity contribution in [3.05, 3.63) is 75.8 Å². The third-order valence-electron chi connectivity index (χ3n) is 4.99. The maximum atomic E-state index is 6.32. The number of rotatable bonds is 4. The molecular weight excluding hydrogens is 479 g/mol. The molecule has 30 heavy (non-hydrogen) atoms. The summed E-state index contributed by atoms with van der Waals surface area (Å²) in [6.07, 6.45) is 0.881. The van der Waals surface area contributed by atoms with Crippen LogP contribution in [-0.4, -0.2) is 33.6 Å². The van der Waals surface area contributed by atoms with Crippen LogP contribution in [0, 0.1) is 0 Å². The van der Waals surface area contributed by atoms with Crippen molar-refractivity contribution in [3.8, 4) is 0 Å². The largest absolute Gasteiger partial charge is 0.335 e. The van der Waals surface area contributed by atoms with Gasteiger partial charge in [-0.2, -0.15) is 0 Å². The number of hydrogen-bond donors (Lipinski definition) is 1. The summed E-state index contributed by atoms with van der Waals surface area (Å²) in [6, 6.07) is 16.7. The number of aliphatic imine (C=N–C) groups is 2. The molecular formula is C21H21Cl3N4S2. The van der Waals surface area contributed by atoms with Gasteiger partial charge in [-0.05, 0) is 35.1 Å². The van der Waals surface area contributed by atoms with Crippen LogP contribution >= 0.6 is 59.9 Å². The first kappa shape index (κ1) is 23.4. The van der Waals surface area contributed by atoms with Crippen LogP contribution in [0.5, 0.6) is 0 Å². The van der Waals surface area contributed by atoms with E-state index in [2.05, 4.69) is 50.9 Å². The van der Waals surface area contributed by atoms with Crippen LogP contribution in [0.15, 0.2) is 69.6 Å². The summed E-state index contributed by atoms with van der Waals surface area (Å²) in [4.78, 5) is 11.9. The molecule has 158 valence electrons. The number of hydrogen-bond acceptors (Lipinski definition) is 6. The van der Waals surface area contributed by atoms with Gasteiger partial charge in [0.15, 0.2) is 10.3 Å². The molecule has 1 atom stereocenters. The third kappa shape index (κ3) is 4.94. The molecule has 0 aromatic heterocycles. The maximum absolute atomic E-state index is 6.32. The van der Waals surface area contributed by atoms with Crippen LogP contribution in [0.2, 0.25) is 5.02 Å². The molecule has 9 heteroatoms. The highest BCUT2D eigenvalue weighted by atomic mass is 35.5. The van der Waals surface area contributed by atoms with E-state index >= 15 is 0 Å². The minimum Gasteiger partial charge on any atom is -0.335 e. The first-order valence-electron chi connectivity index (χ1n) is 9.23. The zero-order valence-corrected chi connectivity index (χ0v) is 20.0. The minimum absolute atomic E-state index is 0. The van der Waals surface area contributed by atoms with Gasteiger partial charge in [0.25, 0.3) is 0 Å². The molecule has 0 saturated carbocycles. The van der Waals surface area contributed by atoms with E-state index in [0.29, 0.717) is 0 Å². The molecule has 0 saturated heterocycles. The van der Waals surface area contributed by atoms with E-state index in [9.17, 15) is 0 Å². The molecule has 0 aliphatic carbocycles. The van der Waals surface area contributed by atoms with Crippen molar-refractivity contribution >= 4 is 76.0 Å². The van der Waals surface area contributed by atoms with Crippen LogP contribution in [0.25, 0.3) is 0 Å². The van der Waals surface area contributed by atoms with E-state index in [1.165, 1.54) is 16.8 Å². The van der Waals surface area contributed by atoms with Crippen molar-refractivity contribution in [2.24, 2.45) is 9.98 Å². The SMILES string of the molecule is Cl.Cl.Clc1ccccc1CC1CN2C(CSC3=NCc4ccccc4N3)=CSC2=N1. The Balaban J connectivity index is 0.00000128. The van der Waals surface area contributed by atoms with E-state index in [0.717, 1.165) is 46.3 Å². The van der Waals surface area contributed by atoms with Gasteiger partial charge in [0, 0.05) is 28.7 Å². The number of fused-ring (bicyclic) bond motifs is 2. The smallest absolute Gasteiger partial charge is 0.168 e. The zero-order chi connectivity index (χ0) is 18.9. The average Bonchev–Trinajstić information content (AvgIpc) is 3.28. The average molecular weight is 500 g/mol. The van der Waals surface area contributed by atoms with Crippen molar-refractivity contribution in [3.63, 3.8) is 0 Å². The highest BCUT2D eigenvalue weighted by Gasteiger charge is 2.32. The Morgan fingerprint density at radius 3 is 2.80 bits per heavy atom. The molecule has 1 N–H and O–H groups in total. The fraction of sp³-hybridized carbons (Fsp3) is 0.238. The molecule has 1 unspecified atom stereocenters. The van der Waals surface area contributed by atoms with E-state index in [1.807, 2.05) is 18.2 Å². The summed E-state index contributed by atoms with van der Waals surface area (Å²) in [5, 5.41) is 8.59. The van der Waals surface area contributed by atoms with E-state index < -0.39 is 0 Å². The van der Waals surface area contributed by atoms with E-state index in [4.69, 9.17) is 16.6 Å². The molecule has 4 nitrogen and oxygen atoms in total. The number of halogens is 3. The lowest BCUT2D eigenvalue weighted by atomic mass is 10.1. The van der Waals surface area contributed by atoms with Crippen molar-refractivity contribution in [2.75, 3.05) is 17.6 Å². The Morgan fingerprint density at radius 1 is 1.13 bits per heavy atom. The summed E-state index contributed by atoms with van der Waals surface area (Å²) in [6.45, 7) is 1.67. The fourth-order valence-electron chi connectivity index (χ4n) is 3.53. The second-order valence-electron chi connectivity index (χ2n) is 6.89. The molecule has 2 aromatic rings. The first-order valence-corrected chi connectivity index (χ1v) is 11.5. The number of amidine groups is 2. The Morgan fingerprint density at radius 2 is 1.93 bits per heavy atom. The minimum atomic E-state index is 0. The molecule has 5 rings (SSSR count). The summed E-state index contributed by atoms with van der Waals surface area (Å²) in [5.74, 6) is 0.888. The number of nitrogens with zero attached hydrogens (tertiary/aromatic N) is 3. The number of benzene rings is 2. The van der Waals surface area contributed by atoms with Crippen molar-refractivity contribution in [2.45, 2.75) is 19.0 Å². The standard InChI is InChI=1S/C21H19ClN4S2.2ClH/c22-18-7-3-1-5-14(18)9-16-11-26-17(13-28-21(26)24-16)12-27-20-23-10-15-6-2-4-8-19(15)25-20;;/h1-8,13,16H,9-12H2,(H,23,25);2*1H. The Bertz CT molecular complexity index is 1010. The van der Waals surface area contributed by atoms with Gasteiger partial charge in [-0.3, -0.25) is 9.98 Å². The Hall–Kier alpha value is -1.31. The summed E-state index contributed by atoms with van der Waals surface area (Å²) >= 11 is 9.80. The van der Waals surface area contributed by atoms with Crippen molar-refractivity contribution in [1.82, 2.24) is 4.90 Å². The maximum Gasteiger partial charge on any atom is 0.168 e. The second kappa shape index (κ2) is 10.3. The monoisotopic (exact) mass is 498 g/mol.